The zero-order chi connectivity index (χ0) is 18.5. The van der Waals surface area contributed by atoms with Gasteiger partial charge in [-0.2, -0.15) is 0 Å². The van der Waals surface area contributed by atoms with Gasteiger partial charge in [0.25, 0.3) is 0 Å². The van der Waals surface area contributed by atoms with Crippen LogP contribution in [0.3, 0.4) is 0 Å². The number of amides is 1. The van der Waals surface area contributed by atoms with E-state index in [2.05, 4.69) is 24.1 Å². The van der Waals surface area contributed by atoms with Gasteiger partial charge in [0.1, 0.15) is 5.75 Å². The molecule has 0 saturated carbocycles. The first-order valence-electron chi connectivity index (χ1n) is 8.28. The summed E-state index contributed by atoms with van der Waals surface area (Å²) in [5, 5.41) is 6.38. The summed E-state index contributed by atoms with van der Waals surface area (Å²) in [6.45, 7) is 4.18. The van der Waals surface area contributed by atoms with Crippen molar-refractivity contribution in [2.75, 3.05) is 5.32 Å². The Bertz CT molecular complexity index is 908. The predicted octanol–water partition coefficient (Wildman–Crippen LogP) is 5.89. The molecule has 1 aromatic heterocycles. The van der Waals surface area contributed by atoms with Crippen LogP contribution < -0.4 is 10.1 Å². The molecule has 0 unspecified atom stereocenters. The lowest BCUT2D eigenvalue weighted by Gasteiger charge is -2.12. The Labute approximate surface area is 161 Å². The highest BCUT2D eigenvalue weighted by molar-refractivity contribution is 7.09. The van der Waals surface area contributed by atoms with Gasteiger partial charge in [0, 0.05) is 11.3 Å². The first-order chi connectivity index (χ1) is 12.5. The average molecular weight is 387 g/mol. The molecule has 1 N–H and O–H groups in total. The van der Waals surface area contributed by atoms with Gasteiger partial charge in [-0.25, -0.2) is 4.98 Å². The van der Waals surface area contributed by atoms with Gasteiger partial charge in [-0.3, -0.25) is 4.79 Å². The number of rotatable bonds is 6. The molecule has 2 aromatic carbocycles. The normalized spacial score (nSPS) is 10.8. The van der Waals surface area contributed by atoms with E-state index < -0.39 is 0 Å². The maximum Gasteiger partial charge on any atom is 0.230 e. The SMILES string of the molecule is CC(C)c1nc(CC(=O)Nc2ccccc2Oc2ccccc2Cl)cs1. The third-order valence-corrected chi connectivity index (χ3v) is 5.13. The van der Waals surface area contributed by atoms with E-state index in [1.807, 2.05) is 29.6 Å². The Morgan fingerprint density at radius 1 is 1.15 bits per heavy atom. The van der Waals surface area contributed by atoms with Gasteiger partial charge in [0.05, 0.1) is 27.8 Å². The molecule has 3 aromatic rings. The number of anilines is 1. The van der Waals surface area contributed by atoms with Crippen molar-refractivity contribution in [1.29, 1.82) is 0 Å². The van der Waals surface area contributed by atoms with Gasteiger partial charge in [-0.05, 0) is 24.3 Å². The summed E-state index contributed by atoms with van der Waals surface area (Å²) in [6, 6.07) is 14.5. The maximum atomic E-state index is 12.4. The molecule has 0 bridgehead atoms. The summed E-state index contributed by atoms with van der Waals surface area (Å²) in [5.74, 6) is 1.30. The number of carbonyl (C=O) groups excluding carboxylic acids is 1. The van der Waals surface area contributed by atoms with Gasteiger partial charge in [-0.15, -0.1) is 11.3 Å². The standard InChI is InChI=1S/C20H19ClN2O2S/c1-13(2)20-22-14(12-26-20)11-19(24)23-16-8-4-6-10-18(16)25-17-9-5-3-7-15(17)21/h3-10,12-13H,11H2,1-2H3,(H,23,24). The second-order valence-electron chi connectivity index (χ2n) is 6.09. The van der Waals surface area contributed by atoms with Crippen LogP contribution in [0.1, 0.15) is 30.5 Å². The number of hydrogen-bond acceptors (Lipinski definition) is 4. The summed E-state index contributed by atoms with van der Waals surface area (Å²) in [5.41, 5.74) is 1.37. The number of aromatic nitrogens is 1. The Hall–Kier alpha value is -2.37. The average Bonchev–Trinajstić information content (AvgIpc) is 3.07. The van der Waals surface area contributed by atoms with E-state index in [4.69, 9.17) is 16.3 Å². The number of nitrogens with one attached hydrogen (secondary N) is 1. The van der Waals surface area contributed by atoms with Crippen LogP contribution in [-0.2, 0) is 11.2 Å². The first kappa shape index (κ1) is 18.4. The molecule has 0 saturated heterocycles. The van der Waals surface area contributed by atoms with Gasteiger partial charge < -0.3 is 10.1 Å². The van der Waals surface area contributed by atoms with Crippen LogP contribution in [0.4, 0.5) is 5.69 Å². The van der Waals surface area contributed by atoms with Crippen molar-refractivity contribution >= 4 is 34.5 Å². The second kappa shape index (κ2) is 8.34. The van der Waals surface area contributed by atoms with Crippen LogP contribution in [0.25, 0.3) is 0 Å². The van der Waals surface area contributed by atoms with Crippen molar-refractivity contribution in [3.63, 3.8) is 0 Å². The summed E-state index contributed by atoms with van der Waals surface area (Å²) < 4.78 is 5.87. The molecule has 3 rings (SSSR count). The fraction of sp³-hybridized carbons (Fsp3) is 0.200. The molecule has 0 aliphatic rings. The van der Waals surface area contributed by atoms with E-state index in [1.54, 1.807) is 35.6 Å². The molecule has 4 nitrogen and oxygen atoms in total. The van der Waals surface area contributed by atoms with Crippen LogP contribution in [0.5, 0.6) is 11.5 Å². The van der Waals surface area contributed by atoms with Crippen LogP contribution >= 0.6 is 22.9 Å². The molecule has 0 atom stereocenters. The van der Waals surface area contributed by atoms with Crippen molar-refractivity contribution in [3.05, 3.63) is 69.6 Å². The lowest BCUT2D eigenvalue weighted by molar-refractivity contribution is -0.115. The van der Waals surface area contributed by atoms with E-state index in [0.29, 0.717) is 28.1 Å². The summed E-state index contributed by atoms with van der Waals surface area (Å²) in [4.78, 5) is 16.9. The number of thiazole rings is 1. The van der Waals surface area contributed by atoms with Gasteiger partial charge in [0.2, 0.25) is 5.91 Å². The van der Waals surface area contributed by atoms with Crippen LogP contribution in [0.15, 0.2) is 53.9 Å². The van der Waals surface area contributed by atoms with E-state index in [-0.39, 0.29) is 12.3 Å². The number of halogens is 1. The number of para-hydroxylation sites is 3. The Balaban J connectivity index is 1.71. The highest BCUT2D eigenvalue weighted by atomic mass is 35.5. The second-order valence-corrected chi connectivity index (χ2v) is 7.38. The molecule has 0 aliphatic heterocycles. The zero-order valence-corrected chi connectivity index (χ0v) is 16.1. The maximum absolute atomic E-state index is 12.4. The molecule has 0 spiro atoms. The molecule has 0 radical (unpaired) electrons. The lowest BCUT2D eigenvalue weighted by atomic mass is 10.2. The predicted molar refractivity (Wildman–Crippen MR) is 107 cm³/mol. The largest absolute Gasteiger partial charge is 0.454 e. The molecule has 1 amide bonds. The smallest absolute Gasteiger partial charge is 0.230 e. The van der Waals surface area contributed by atoms with Gasteiger partial charge >= 0.3 is 0 Å². The highest BCUT2D eigenvalue weighted by Gasteiger charge is 2.13. The third-order valence-electron chi connectivity index (χ3n) is 3.62. The number of hydrogen-bond donors (Lipinski definition) is 1. The van der Waals surface area contributed by atoms with Crippen LogP contribution in [-0.4, -0.2) is 10.9 Å². The van der Waals surface area contributed by atoms with E-state index >= 15 is 0 Å². The molecule has 0 aliphatic carbocycles. The van der Waals surface area contributed by atoms with E-state index in [0.717, 1.165) is 10.7 Å². The third kappa shape index (κ3) is 4.62. The lowest BCUT2D eigenvalue weighted by Crippen LogP contribution is -2.15. The highest BCUT2D eigenvalue weighted by Crippen LogP contribution is 2.33. The fourth-order valence-electron chi connectivity index (χ4n) is 2.33. The zero-order valence-electron chi connectivity index (χ0n) is 14.5. The monoisotopic (exact) mass is 386 g/mol. The Morgan fingerprint density at radius 3 is 2.54 bits per heavy atom. The summed E-state index contributed by atoms with van der Waals surface area (Å²) in [6.07, 6.45) is 0.226. The van der Waals surface area contributed by atoms with E-state index in [9.17, 15) is 4.79 Å². The number of nitrogens with zero attached hydrogens (tertiary/aromatic N) is 1. The van der Waals surface area contributed by atoms with Crippen molar-refractivity contribution in [2.24, 2.45) is 0 Å². The van der Waals surface area contributed by atoms with Gasteiger partial charge in [-0.1, -0.05) is 49.7 Å². The minimum Gasteiger partial charge on any atom is -0.454 e. The molecule has 6 heteroatoms. The van der Waals surface area contributed by atoms with Crippen molar-refractivity contribution in [1.82, 2.24) is 4.98 Å². The van der Waals surface area contributed by atoms with Crippen molar-refractivity contribution in [3.8, 4) is 11.5 Å². The molecule has 134 valence electrons. The Kier molecular flexibility index (Phi) is 5.91. The minimum absolute atomic E-state index is 0.138. The molecular weight excluding hydrogens is 368 g/mol. The number of benzene rings is 2. The minimum atomic E-state index is -0.138. The van der Waals surface area contributed by atoms with Crippen LogP contribution in [0, 0.1) is 0 Å². The quantitative estimate of drug-likeness (QED) is 0.574. The fourth-order valence-corrected chi connectivity index (χ4v) is 3.34. The van der Waals surface area contributed by atoms with Crippen LogP contribution in [0.2, 0.25) is 5.02 Å². The number of carbonyl (C=O) groups is 1. The van der Waals surface area contributed by atoms with Crippen molar-refractivity contribution < 1.29 is 9.53 Å². The van der Waals surface area contributed by atoms with Gasteiger partial charge in [0.15, 0.2) is 5.75 Å². The topological polar surface area (TPSA) is 51.2 Å². The Morgan fingerprint density at radius 2 is 1.85 bits per heavy atom. The summed E-state index contributed by atoms with van der Waals surface area (Å²) in [7, 11) is 0. The molecular formula is C20H19ClN2O2S. The van der Waals surface area contributed by atoms with E-state index in [1.165, 1.54) is 0 Å². The molecule has 1 heterocycles. The first-order valence-corrected chi connectivity index (χ1v) is 9.54. The molecule has 26 heavy (non-hydrogen) atoms. The molecule has 0 fully saturated rings. The number of ether oxygens (including phenoxy) is 1. The van der Waals surface area contributed by atoms with Crippen molar-refractivity contribution in [2.45, 2.75) is 26.2 Å². The summed E-state index contributed by atoms with van der Waals surface area (Å²) >= 11 is 7.73.